The Balaban J connectivity index is 2.13. The van der Waals surface area contributed by atoms with E-state index in [-0.39, 0.29) is 0 Å². The van der Waals surface area contributed by atoms with Gasteiger partial charge in [0.05, 0.1) is 11.9 Å². The number of carbonyl (C=O) groups is 1. The molecule has 1 fully saturated rings. The van der Waals surface area contributed by atoms with E-state index in [9.17, 15) is 4.79 Å². The van der Waals surface area contributed by atoms with Crippen molar-refractivity contribution in [1.29, 1.82) is 0 Å². The minimum Gasteiger partial charge on any atom is -0.478 e. The fraction of sp³-hybridized carbons (Fsp3) is 0.667. The maximum Gasteiger partial charge on any atom is 0.339 e. The van der Waals surface area contributed by atoms with E-state index in [1.54, 1.807) is 11.7 Å². The lowest BCUT2D eigenvalue weighted by atomic mass is 10.2. The Morgan fingerprint density at radius 3 is 2.67 bits per heavy atom. The molecule has 5 nitrogen and oxygen atoms in total. The fourth-order valence-corrected chi connectivity index (χ4v) is 3.84. The van der Waals surface area contributed by atoms with Crippen LogP contribution in [-0.2, 0) is 13.6 Å². The first-order valence-corrected chi connectivity index (χ1v) is 7.03. The van der Waals surface area contributed by atoms with Crippen LogP contribution in [0.15, 0.2) is 6.20 Å². The lowest BCUT2D eigenvalue weighted by Gasteiger charge is -2.34. The molecule has 1 N–H and O–H groups in total. The summed E-state index contributed by atoms with van der Waals surface area (Å²) in [7, 11) is 1.80. The van der Waals surface area contributed by atoms with Crippen molar-refractivity contribution in [2.45, 2.75) is 30.9 Å². The summed E-state index contributed by atoms with van der Waals surface area (Å²) in [5.41, 5.74) is 1.10. The van der Waals surface area contributed by atoms with Gasteiger partial charge in [-0.15, -0.1) is 0 Å². The maximum absolute atomic E-state index is 11.1. The van der Waals surface area contributed by atoms with Crippen molar-refractivity contribution in [3.63, 3.8) is 0 Å². The maximum atomic E-state index is 11.1. The van der Waals surface area contributed by atoms with E-state index < -0.39 is 5.97 Å². The standard InChI is InChI=1S/C12H19N3O2S/c1-8-5-15(6-9(2)18-8)7-11-10(12(16)17)4-13-14(11)3/h4,8-9H,5-7H2,1-3H3,(H,16,17). The summed E-state index contributed by atoms with van der Waals surface area (Å²) in [4.78, 5) is 13.4. The number of thioether (sulfide) groups is 1. The SMILES string of the molecule is CC1CN(Cc2c(C(=O)O)cnn2C)CC(C)S1. The highest BCUT2D eigenvalue weighted by atomic mass is 32.2. The van der Waals surface area contributed by atoms with Gasteiger partial charge in [-0.2, -0.15) is 16.9 Å². The predicted molar refractivity (Wildman–Crippen MR) is 72.0 cm³/mol. The average molecular weight is 269 g/mol. The van der Waals surface area contributed by atoms with Crippen LogP contribution in [0.3, 0.4) is 0 Å². The summed E-state index contributed by atoms with van der Waals surface area (Å²) in [6.45, 7) is 7.09. The van der Waals surface area contributed by atoms with Crippen molar-refractivity contribution >= 4 is 17.7 Å². The number of carboxylic acids is 1. The van der Waals surface area contributed by atoms with Gasteiger partial charge in [-0.05, 0) is 0 Å². The predicted octanol–water partition coefficient (Wildman–Crippen LogP) is 1.44. The van der Waals surface area contributed by atoms with E-state index in [0.717, 1.165) is 18.8 Å². The molecule has 0 aliphatic carbocycles. The Kier molecular flexibility index (Phi) is 3.97. The van der Waals surface area contributed by atoms with Crippen molar-refractivity contribution in [3.05, 3.63) is 17.5 Å². The van der Waals surface area contributed by atoms with Gasteiger partial charge in [0.1, 0.15) is 5.56 Å². The molecule has 2 heterocycles. The zero-order valence-electron chi connectivity index (χ0n) is 11.0. The Hall–Kier alpha value is -1.01. The fourth-order valence-electron chi connectivity index (χ4n) is 2.45. The number of nitrogens with zero attached hydrogens (tertiary/aromatic N) is 3. The number of hydrogen-bond acceptors (Lipinski definition) is 4. The smallest absolute Gasteiger partial charge is 0.339 e. The van der Waals surface area contributed by atoms with Crippen molar-refractivity contribution in [1.82, 2.24) is 14.7 Å². The molecule has 18 heavy (non-hydrogen) atoms. The normalized spacial score (nSPS) is 25.3. The molecule has 0 aromatic carbocycles. The van der Waals surface area contributed by atoms with E-state index in [1.807, 2.05) is 11.8 Å². The van der Waals surface area contributed by atoms with Gasteiger partial charge in [0.15, 0.2) is 0 Å². The Morgan fingerprint density at radius 2 is 2.11 bits per heavy atom. The lowest BCUT2D eigenvalue weighted by Crippen LogP contribution is -2.40. The molecule has 1 aromatic heterocycles. The molecule has 1 saturated heterocycles. The van der Waals surface area contributed by atoms with Crippen molar-refractivity contribution < 1.29 is 9.90 Å². The molecule has 2 rings (SSSR count). The van der Waals surface area contributed by atoms with Crippen LogP contribution in [0.2, 0.25) is 0 Å². The second-order valence-corrected chi connectivity index (χ2v) is 6.77. The van der Waals surface area contributed by atoms with Crippen LogP contribution < -0.4 is 0 Å². The number of aryl methyl sites for hydroxylation is 1. The van der Waals surface area contributed by atoms with Gasteiger partial charge in [0.25, 0.3) is 0 Å². The molecule has 1 aromatic rings. The first-order chi connectivity index (χ1) is 8.47. The van der Waals surface area contributed by atoms with Crippen LogP contribution >= 0.6 is 11.8 Å². The van der Waals surface area contributed by atoms with Gasteiger partial charge in [0.2, 0.25) is 0 Å². The molecule has 6 heteroatoms. The minimum absolute atomic E-state index is 0.316. The minimum atomic E-state index is -0.898. The molecule has 2 atom stereocenters. The molecule has 0 saturated carbocycles. The average Bonchev–Trinajstić information content (AvgIpc) is 2.59. The quantitative estimate of drug-likeness (QED) is 0.900. The van der Waals surface area contributed by atoms with E-state index in [4.69, 9.17) is 5.11 Å². The van der Waals surface area contributed by atoms with Crippen LogP contribution in [0.5, 0.6) is 0 Å². The highest BCUT2D eigenvalue weighted by Gasteiger charge is 2.25. The van der Waals surface area contributed by atoms with Crippen LogP contribution in [0, 0.1) is 0 Å². The highest BCUT2D eigenvalue weighted by molar-refractivity contribution is 8.00. The largest absolute Gasteiger partial charge is 0.478 e. The third kappa shape index (κ3) is 2.87. The zero-order chi connectivity index (χ0) is 13.3. The first kappa shape index (κ1) is 13.4. The van der Waals surface area contributed by atoms with E-state index in [0.29, 0.717) is 22.6 Å². The molecule has 0 bridgehead atoms. The van der Waals surface area contributed by atoms with Gasteiger partial charge in [-0.1, -0.05) is 13.8 Å². The summed E-state index contributed by atoms with van der Waals surface area (Å²) < 4.78 is 1.67. The number of carboxylic acid groups (broad SMARTS) is 1. The van der Waals surface area contributed by atoms with Gasteiger partial charge in [-0.25, -0.2) is 4.79 Å². The second-order valence-electron chi connectivity index (χ2n) is 4.89. The molecule has 100 valence electrons. The second kappa shape index (κ2) is 5.32. The van der Waals surface area contributed by atoms with Gasteiger partial charge >= 0.3 is 5.97 Å². The summed E-state index contributed by atoms with van der Waals surface area (Å²) in [5, 5.41) is 14.4. The number of aromatic nitrogens is 2. The summed E-state index contributed by atoms with van der Waals surface area (Å²) in [5.74, 6) is -0.898. The molecule has 1 aliphatic rings. The topological polar surface area (TPSA) is 58.4 Å². The third-order valence-electron chi connectivity index (χ3n) is 3.16. The van der Waals surface area contributed by atoms with E-state index in [1.165, 1.54) is 6.20 Å². The number of hydrogen-bond donors (Lipinski definition) is 1. The molecular weight excluding hydrogens is 250 g/mol. The first-order valence-electron chi connectivity index (χ1n) is 6.09. The summed E-state index contributed by atoms with van der Waals surface area (Å²) in [6, 6.07) is 0. The van der Waals surface area contributed by atoms with Crippen LogP contribution in [0.1, 0.15) is 29.9 Å². The molecule has 0 radical (unpaired) electrons. The third-order valence-corrected chi connectivity index (χ3v) is 4.39. The monoisotopic (exact) mass is 269 g/mol. The molecule has 2 unspecified atom stereocenters. The van der Waals surface area contributed by atoms with Gasteiger partial charge in [-0.3, -0.25) is 9.58 Å². The van der Waals surface area contributed by atoms with Crippen molar-refractivity contribution in [2.24, 2.45) is 7.05 Å². The highest BCUT2D eigenvalue weighted by Crippen LogP contribution is 2.26. The number of aromatic carboxylic acids is 1. The summed E-state index contributed by atoms with van der Waals surface area (Å²) in [6.07, 6.45) is 1.43. The van der Waals surface area contributed by atoms with Gasteiger partial charge < -0.3 is 5.11 Å². The number of rotatable bonds is 3. The van der Waals surface area contributed by atoms with E-state index >= 15 is 0 Å². The lowest BCUT2D eigenvalue weighted by molar-refractivity contribution is 0.0694. The molecule has 0 amide bonds. The van der Waals surface area contributed by atoms with Crippen molar-refractivity contribution in [3.8, 4) is 0 Å². The van der Waals surface area contributed by atoms with Crippen molar-refractivity contribution in [2.75, 3.05) is 13.1 Å². The Labute approximate surface area is 111 Å². The van der Waals surface area contributed by atoms with Crippen LogP contribution in [0.25, 0.3) is 0 Å². The van der Waals surface area contributed by atoms with E-state index in [2.05, 4.69) is 23.8 Å². The molecule has 0 spiro atoms. The Morgan fingerprint density at radius 1 is 1.50 bits per heavy atom. The molecule has 1 aliphatic heterocycles. The van der Waals surface area contributed by atoms with Crippen LogP contribution in [-0.4, -0.2) is 49.3 Å². The molecular formula is C12H19N3O2S. The zero-order valence-corrected chi connectivity index (χ0v) is 11.8. The van der Waals surface area contributed by atoms with Crippen LogP contribution in [0.4, 0.5) is 0 Å². The summed E-state index contributed by atoms with van der Waals surface area (Å²) >= 11 is 1.99. The Bertz CT molecular complexity index is 437. The van der Waals surface area contributed by atoms with Gasteiger partial charge in [0, 0.05) is 37.2 Å².